The lowest BCUT2D eigenvalue weighted by Crippen LogP contribution is -2.38. The lowest BCUT2D eigenvalue weighted by atomic mass is 10.1. The second-order valence-electron chi connectivity index (χ2n) is 4.33. The normalized spacial score (nSPS) is 19.4. The molecule has 3 nitrogen and oxygen atoms in total. The smallest absolute Gasteiger partial charge is 0.0415 e. The number of nitrogens with zero attached hydrogens (tertiary/aromatic N) is 1. The summed E-state index contributed by atoms with van der Waals surface area (Å²) < 4.78 is 12.4. The van der Waals surface area contributed by atoms with E-state index in [1.165, 1.54) is 5.69 Å². The quantitative estimate of drug-likeness (QED) is 0.908. The van der Waals surface area contributed by atoms with Gasteiger partial charge in [0.1, 0.15) is 0 Å². The predicted molar refractivity (Wildman–Crippen MR) is 76.8 cm³/mol. The first-order chi connectivity index (χ1) is 8.08. The van der Waals surface area contributed by atoms with Crippen molar-refractivity contribution in [1.82, 2.24) is 0 Å². The van der Waals surface area contributed by atoms with E-state index in [0.29, 0.717) is 0 Å². The summed E-state index contributed by atoms with van der Waals surface area (Å²) in [5.41, 5.74) is 8.34. The summed E-state index contributed by atoms with van der Waals surface area (Å²) in [7, 11) is -0.639. The van der Waals surface area contributed by atoms with Gasteiger partial charge < -0.3 is 10.6 Å². The minimum atomic E-state index is -0.639. The van der Waals surface area contributed by atoms with Crippen molar-refractivity contribution < 1.29 is 4.21 Å². The van der Waals surface area contributed by atoms with E-state index in [2.05, 4.69) is 33.0 Å². The fourth-order valence-electron chi connectivity index (χ4n) is 2.06. The Hall–Kier alpha value is -0.390. The van der Waals surface area contributed by atoms with Gasteiger partial charge in [0.15, 0.2) is 0 Å². The first-order valence-corrected chi connectivity index (χ1v) is 8.01. The van der Waals surface area contributed by atoms with Crippen molar-refractivity contribution in [3.05, 3.63) is 28.2 Å². The van der Waals surface area contributed by atoms with E-state index in [0.717, 1.165) is 34.6 Å². The van der Waals surface area contributed by atoms with Crippen LogP contribution in [-0.2, 0) is 10.8 Å². The van der Waals surface area contributed by atoms with Crippen LogP contribution in [0, 0.1) is 0 Å². The fraction of sp³-hybridized carbons (Fsp3) is 0.500. The lowest BCUT2D eigenvalue weighted by molar-refractivity contribution is 0.672. The Kier molecular flexibility index (Phi) is 4.22. The molecule has 0 radical (unpaired) electrons. The third kappa shape index (κ3) is 3.09. The highest BCUT2D eigenvalue weighted by Gasteiger charge is 2.19. The highest BCUT2D eigenvalue weighted by molar-refractivity contribution is 9.10. The number of rotatable bonds is 2. The van der Waals surface area contributed by atoms with E-state index in [9.17, 15) is 4.21 Å². The monoisotopic (exact) mass is 316 g/mol. The Balaban J connectivity index is 2.28. The van der Waals surface area contributed by atoms with Gasteiger partial charge in [0, 0.05) is 51.6 Å². The Morgan fingerprint density at radius 2 is 2.06 bits per heavy atom. The molecular weight excluding hydrogens is 300 g/mol. The van der Waals surface area contributed by atoms with Gasteiger partial charge in [0.05, 0.1) is 0 Å². The topological polar surface area (TPSA) is 46.3 Å². The molecule has 1 atom stereocenters. The minimum Gasteiger partial charge on any atom is -0.369 e. The molecule has 1 aromatic carbocycles. The van der Waals surface area contributed by atoms with E-state index in [4.69, 9.17) is 5.73 Å². The second-order valence-corrected chi connectivity index (χ2v) is 6.94. The number of hydrogen-bond donors (Lipinski definition) is 1. The first-order valence-electron chi connectivity index (χ1n) is 5.73. The van der Waals surface area contributed by atoms with E-state index < -0.39 is 10.8 Å². The Labute approximate surface area is 113 Å². The molecule has 1 heterocycles. The van der Waals surface area contributed by atoms with E-state index in [1.54, 1.807) is 0 Å². The number of anilines is 1. The molecular formula is C12H17BrN2OS. The first kappa shape index (κ1) is 13.1. The van der Waals surface area contributed by atoms with Crippen molar-refractivity contribution in [2.24, 2.45) is 5.73 Å². The molecule has 1 aromatic rings. The van der Waals surface area contributed by atoms with Crippen LogP contribution in [0.3, 0.4) is 0 Å². The van der Waals surface area contributed by atoms with Gasteiger partial charge >= 0.3 is 0 Å². The molecule has 0 aromatic heterocycles. The predicted octanol–water partition coefficient (Wildman–Crippen LogP) is 2.04. The summed E-state index contributed by atoms with van der Waals surface area (Å²) in [6.07, 6.45) is 0. The van der Waals surface area contributed by atoms with Gasteiger partial charge in [0.2, 0.25) is 0 Å². The molecule has 5 heteroatoms. The number of halogens is 1. The summed E-state index contributed by atoms with van der Waals surface area (Å²) in [6, 6.07) is 6.21. The minimum absolute atomic E-state index is 0.00919. The second kappa shape index (κ2) is 5.50. The Bertz CT molecular complexity index is 427. The summed E-state index contributed by atoms with van der Waals surface area (Å²) in [5.74, 6) is 1.52. The lowest BCUT2D eigenvalue weighted by Gasteiger charge is -2.31. The highest BCUT2D eigenvalue weighted by atomic mass is 79.9. The summed E-state index contributed by atoms with van der Waals surface area (Å²) in [5, 5.41) is 0. The van der Waals surface area contributed by atoms with E-state index in [1.807, 2.05) is 13.0 Å². The maximum Gasteiger partial charge on any atom is 0.0415 e. The van der Waals surface area contributed by atoms with Crippen LogP contribution in [0.4, 0.5) is 5.69 Å². The third-order valence-corrected chi connectivity index (χ3v) is 4.77. The zero-order valence-electron chi connectivity index (χ0n) is 9.86. The third-order valence-electron chi connectivity index (χ3n) is 3.00. The van der Waals surface area contributed by atoms with E-state index >= 15 is 0 Å². The zero-order chi connectivity index (χ0) is 12.4. The van der Waals surface area contributed by atoms with Gasteiger partial charge in [-0.3, -0.25) is 4.21 Å². The van der Waals surface area contributed by atoms with Crippen molar-refractivity contribution in [2.75, 3.05) is 29.5 Å². The molecule has 2 rings (SSSR count). The number of benzene rings is 1. The number of hydrogen-bond acceptors (Lipinski definition) is 3. The van der Waals surface area contributed by atoms with Crippen LogP contribution in [0.15, 0.2) is 22.7 Å². The average molecular weight is 317 g/mol. The van der Waals surface area contributed by atoms with Crippen LogP contribution in [0.2, 0.25) is 0 Å². The maximum atomic E-state index is 11.4. The summed E-state index contributed by atoms with van der Waals surface area (Å²) in [4.78, 5) is 2.28. The van der Waals surface area contributed by atoms with Gasteiger partial charge in [-0.2, -0.15) is 0 Å². The molecule has 0 amide bonds. The highest BCUT2D eigenvalue weighted by Crippen LogP contribution is 2.29. The van der Waals surface area contributed by atoms with Crippen molar-refractivity contribution in [2.45, 2.75) is 13.0 Å². The average Bonchev–Trinajstić information content (AvgIpc) is 2.30. The van der Waals surface area contributed by atoms with Gasteiger partial charge in [-0.05, 0) is 30.7 Å². The fourth-order valence-corrected chi connectivity index (χ4v) is 3.49. The molecule has 1 aliphatic rings. The SMILES string of the molecule is CC(N)c1cc(Br)ccc1N1CCS(=O)CC1. The molecule has 1 unspecified atom stereocenters. The van der Waals surface area contributed by atoms with Crippen LogP contribution < -0.4 is 10.6 Å². The van der Waals surface area contributed by atoms with Gasteiger partial charge in [-0.25, -0.2) is 0 Å². The van der Waals surface area contributed by atoms with Crippen LogP contribution in [0.1, 0.15) is 18.5 Å². The van der Waals surface area contributed by atoms with Gasteiger partial charge in [-0.15, -0.1) is 0 Å². The molecule has 1 aliphatic heterocycles. The molecule has 0 saturated carbocycles. The van der Waals surface area contributed by atoms with E-state index in [-0.39, 0.29) is 6.04 Å². The molecule has 17 heavy (non-hydrogen) atoms. The largest absolute Gasteiger partial charge is 0.369 e. The maximum absolute atomic E-state index is 11.4. The standard InChI is InChI=1S/C12H17BrN2OS/c1-9(14)11-8-10(13)2-3-12(11)15-4-6-17(16)7-5-15/h2-3,8-9H,4-7,14H2,1H3. The molecule has 0 aliphatic carbocycles. The molecule has 2 N–H and O–H groups in total. The zero-order valence-corrected chi connectivity index (χ0v) is 12.3. The van der Waals surface area contributed by atoms with Crippen molar-refractivity contribution in [1.29, 1.82) is 0 Å². The van der Waals surface area contributed by atoms with Crippen LogP contribution in [0.25, 0.3) is 0 Å². The Morgan fingerprint density at radius 1 is 1.41 bits per heavy atom. The molecule has 94 valence electrons. The van der Waals surface area contributed by atoms with Crippen LogP contribution in [0.5, 0.6) is 0 Å². The summed E-state index contributed by atoms with van der Waals surface area (Å²) >= 11 is 3.48. The number of nitrogens with two attached hydrogens (primary N) is 1. The summed E-state index contributed by atoms with van der Waals surface area (Å²) in [6.45, 7) is 3.70. The van der Waals surface area contributed by atoms with Gasteiger partial charge in [-0.1, -0.05) is 15.9 Å². The Morgan fingerprint density at radius 3 is 2.65 bits per heavy atom. The molecule has 0 spiro atoms. The van der Waals surface area contributed by atoms with Gasteiger partial charge in [0.25, 0.3) is 0 Å². The van der Waals surface area contributed by atoms with Crippen LogP contribution in [-0.4, -0.2) is 28.8 Å². The molecule has 0 bridgehead atoms. The van der Waals surface area contributed by atoms with Crippen molar-refractivity contribution in [3.63, 3.8) is 0 Å². The molecule has 1 saturated heterocycles. The molecule has 1 fully saturated rings. The van der Waals surface area contributed by atoms with Crippen LogP contribution >= 0.6 is 15.9 Å². The van der Waals surface area contributed by atoms with Crippen molar-refractivity contribution in [3.8, 4) is 0 Å². The van der Waals surface area contributed by atoms with Crippen molar-refractivity contribution >= 4 is 32.4 Å².